The van der Waals surface area contributed by atoms with Crippen LogP contribution >= 0.6 is 0 Å². The summed E-state index contributed by atoms with van der Waals surface area (Å²) >= 11 is 0. The molecule has 128 heavy (non-hydrogen) atoms. The van der Waals surface area contributed by atoms with Crippen LogP contribution in [0.3, 0.4) is 0 Å². The van der Waals surface area contributed by atoms with Gasteiger partial charge in [-0.2, -0.15) is 0 Å². The number of benzene rings is 16. The Morgan fingerprint density at radius 3 is 1.07 bits per heavy atom. The summed E-state index contributed by atoms with van der Waals surface area (Å²) in [5, 5.41) is 76.3. The molecule has 0 spiro atoms. The fraction of sp³-hybridized carbons (Fsp3) is 0.190. The zero-order chi connectivity index (χ0) is 90.8. The van der Waals surface area contributed by atoms with Crippen LogP contribution < -0.4 is 0 Å². The number of fused-ring (bicyclic) bond motifs is 4. The molecule has 16 aromatic carbocycles. The van der Waals surface area contributed by atoms with Gasteiger partial charge < -0.3 is 30.6 Å². The second-order valence-electron chi connectivity index (χ2n) is 37.3. The second-order valence-corrected chi connectivity index (χ2v) is 37.3. The summed E-state index contributed by atoms with van der Waals surface area (Å²) in [6.07, 6.45) is 1.52. The Labute approximate surface area is 744 Å². The van der Waals surface area contributed by atoms with Gasteiger partial charge in [0, 0.05) is 23.3 Å². The quantitative estimate of drug-likeness (QED) is 0.0598. The normalized spacial score (nSPS) is 14.9. The predicted molar refractivity (Wildman–Crippen MR) is 520 cm³/mol. The summed E-state index contributed by atoms with van der Waals surface area (Å²) in [5.41, 5.74) is 22.1. The van der Waals surface area contributed by atoms with Crippen LogP contribution in [-0.2, 0) is 29.1 Å². The molecule has 0 fully saturated rings. The number of hydrogen-bond acceptors (Lipinski definition) is 6. The van der Waals surface area contributed by atoms with Crippen molar-refractivity contribution in [1.29, 1.82) is 0 Å². The topological polar surface area (TPSA) is 224 Å². The third-order valence-corrected chi connectivity index (χ3v) is 26.8. The summed E-state index contributed by atoms with van der Waals surface area (Å²) in [5.74, 6) is -7.53. The van der Waals surface area contributed by atoms with Crippen LogP contribution in [0.25, 0.3) is 109 Å². The van der Waals surface area contributed by atoms with E-state index in [1.807, 2.05) is 176 Å². The number of aromatic carboxylic acids is 6. The van der Waals surface area contributed by atoms with Gasteiger partial charge in [0.1, 0.15) is 0 Å². The highest BCUT2D eigenvalue weighted by Gasteiger charge is 2.41. The molecular weight excluding hydrogens is 1590 g/mol. The molecule has 0 amide bonds. The molecule has 19 rings (SSSR count). The monoisotopic (exact) mass is 1680 g/mol. The number of carbonyl (C=O) groups is 6. The molecule has 0 saturated heterocycles. The van der Waals surface area contributed by atoms with Crippen molar-refractivity contribution in [3.05, 3.63) is 401 Å². The highest BCUT2D eigenvalue weighted by atomic mass is 16.4. The molecule has 3 aliphatic rings. The van der Waals surface area contributed by atoms with Gasteiger partial charge in [-0.15, -0.1) is 0 Å². The third-order valence-electron chi connectivity index (χ3n) is 26.8. The summed E-state index contributed by atoms with van der Waals surface area (Å²) in [6.45, 7) is 30.0. The van der Waals surface area contributed by atoms with Gasteiger partial charge in [-0.3, -0.25) is 0 Å². The van der Waals surface area contributed by atoms with E-state index in [1.54, 1.807) is 24.3 Å². The molecular formula is C116H100O12. The highest BCUT2D eigenvalue weighted by molar-refractivity contribution is 6.20. The number of aryl methyl sites for hydroxylation is 2. The predicted octanol–water partition coefficient (Wildman–Crippen LogP) is 28.6. The van der Waals surface area contributed by atoms with Crippen LogP contribution in [0.4, 0.5) is 0 Å². The lowest BCUT2D eigenvalue weighted by Gasteiger charge is -2.34. The maximum Gasteiger partial charge on any atom is 0.336 e. The van der Waals surface area contributed by atoms with E-state index in [9.17, 15) is 59.4 Å². The van der Waals surface area contributed by atoms with Gasteiger partial charge in [0.25, 0.3) is 0 Å². The zero-order valence-corrected chi connectivity index (χ0v) is 74.3. The lowest BCUT2D eigenvalue weighted by molar-refractivity contribution is 0.0684. The van der Waals surface area contributed by atoms with Crippen molar-refractivity contribution in [2.45, 2.75) is 144 Å². The van der Waals surface area contributed by atoms with E-state index in [2.05, 4.69) is 170 Å². The third kappa shape index (κ3) is 14.7. The fourth-order valence-corrected chi connectivity index (χ4v) is 20.3. The van der Waals surface area contributed by atoms with Crippen molar-refractivity contribution < 1.29 is 59.4 Å². The first kappa shape index (κ1) is 85.5. The number of carboxylic acids is 6. The first-order valence-corrected chi connectivity index (χ1v) is 43.7. The molecule has 636 valence electrons. The van der Waals surface area contributed by atoms with Crippen LogP contribution in [-0.4, -0.2) is 66.5 Å². The minimum Gasteiger partial charge on any atom is -0.478 e. The Morgan fingerprint density at radius 1 is 0.266 bits per heavy atom. The van der Waals surface area contributed by atoms with Crippen molar-refractivity contribution in [3.63, 3.8) is 0 Å². The molecule has 0 saturated carbocycles. The molecule has 0 bridgehead atoms. The molecule has 6 N–H and O–H groups in total. The van der Waals surface area contributed by atoms with Gasteiger partial charge in [0.15, 0.2) is 0 Å². The molecule has 3 atom stereocenters. The van der Waals surface area contributed by atoms with E-state index in [0.29, 0.717) is 44.2 Å². The first-order chi connectivity index (χ1) is 61.1. The number of carboxylic acid groups (broad SMARTS) is 6. The minimum atomic E-state index is -1.02. The average Bonchev–Trinajstić information content (AvgIpc) is 0.717. The van der Waals surface area contributed by atoms with Gasteiger partial charge in [-0.25, -0.2) is 28.8 Å². The fourth-order valence-electron chi connectivity index (χ4n) is 20.3. The SMILES string of the molecule is CC1=C(c2c(C(=O)O)ccc3ccccc23)C(c2c(C(=O)O)ccc3ccccc23)c2cccc3cc(C(C)(C)C)cc1c23.CC1=C(c2ccc3ccccc3c2C(=O)O)C(c2ccc3ccccc3c2C(=O)O)c2cccc3cc(C(C)(C)C)cc1c23.CCc1ccc(C(=O)O)c(C2=C(C)c3cc(C(C)(C)C)cc4cccc(c34)C2c2cc(CC)ccc2C(=O)O)c1. The maximum atomic E-state index is 13.1. The van der Waals surface area contributed by atoms with Crippen molar-refractivity contribution in [3.8, 4) is 0 Å². The van der Waals surface area contributed by atoms with E-state index in [4.69, 9.17) is 0 Å². The van der Waals surface area contributed by atoms with Gasteiger partial charge in [-0.05, 0) is 272 Å². The van der Waals surface area contributed by atoms with Gasteiger partial charge >= 0.3 is 35.8 Å². The van der Waals surface area contributed by atoms with Crippen LogP contribution in [0.5, 0.6) is 0 Å². The lowest BCUT2D eigenvalue weighted by atomic mass is 9.68. The van der Waals surface area contributed by atoms with E-state index in [1.165, 1.54) is 16.7 Å². The summed E-state index contributed by atoms with van der Waals surface area (Å²) in [7, 11) is 0. The number of hydrogen-bond donors (Lipinski definition) is 6. The molecule has 16 aromatic rings. The molecule has 0 aromatic heterocycles. The summed E-state index contributed by atoms with van der Waals surface area (Å²) in [4.78, 5) is 77.3. The Bertz CT molecular complexity index is 7590. The summed E-state index contributed by atoms with van der Waals surface area (Å²) in [6, 6.07) is 88.8. The molecule has 3 aliphatic carbocycles. The van der Waals surface area contributed by atoms with Crippen molar-refractivity contribution in [1.82, 2.24) is 0 Å². The van der Waals surface area contributed by atoms with Gasteiger partial charge in [-0.1, -0.05) is 325 Å². The molecule has 12 heteroatoms. The van der Waals surface area contributed by atoms with Gasteiger partial charge in [0.2, 0.25) is 0 Å². The first-order valence-electron chi connectivity index (χ1n) is 43.7. The largest absolute Gasteiger partial charge is 0.478 e. The van der Waals surface area contributed by atoms with Crippen LogP contribution in [0.15, 0.2) is 273 Å². The van der Waals surface area contributed by atoms with E-state index >= 15 is 0 Å². The maximum absolute atomic E-state index is 13.1. The average molecular weight is 1690 g/mol. The minimum absolute atomic E-state index is 0.0850. The van der Waals surface area contributed by atoms with E-state index in [0.717, 1.165) is 155 Å². The van der Waals surface area contributed by atoms with Crippen LogP contribution in [0.2, 0.25) is 0 Å². The van der Waals surface area contributed by atoms with Crippen LogP contribution in [0.1, 0.15) is 271 Å². The highest BCUT2D eigenvalue weighted by Crippen LogP contribution is 2.58. The lowest BCUT2D eigenvalue weighted by Crippen LogP contribution is -2.19. The van der Waals surface area contributed by atoms with Crippen molar-refractivity contribution in [2.75, 3.05) is 0 Å². The van der Waals surface area contributed by atoms with Gasteiger partial charge in [0.05, 0.1) is 33.4 Å². The molecule has 0 heterocycles. The summed E-state index contributed by atoms with van der Waals surface area (Å²) < 4.78 is 0. The van der Waals surface area contributed by atoms with Crippen molar-refractivity contribution in [2.24, 2.45) is 0 Å². The second kappa shape index (κ2) is 32.7. The van der Waals surface area contributed by atoms with Crippen molar-refractivity contribution >= 4 is 145 Å². The van der Waals surface area contributed by atoms with E-state index < -0.39 is 53.6 Å². The van der Waals surface area contributed by atoms with E-state index in [-0.39, 0.29) is 49.6 Å². The standard InChI is InChI=1S/2C40H32O4.C36H36O4/c1-22-32-21-26(40(2,3)4)20-25-12-9-15-29(34(25)32)37(36-28-14-8-6-11-24(28)17-19-31(36)39(43)44)33(22)35-27-13-7-5-10-23(27)16-18-30(35)38(41)42;1-22-32-21-26(40(2,3)4)20-25-12-9-15-29(34(25)32)35(31-19-17-24-11-6-8-14-28(24)37(31)39(43)44)33(22)30-18-16-23-10-5-7-13-27(23)36(30)38(41)42;1-7-21-12-14-25(34(37)38)29(16-21)31-20(3)28-19-24(36(4,5)6)18-23-10-9-11-27(32(23)28)33(31)30-17-22(8-2)13-15-26(30)35(39)40/h5-21,37H,1-4H3,(H,41,42)(H,43,44);5-21,35H,1-4H3,(H,41,42)(H,43,44);9-19,33H,7-8H2,1-6H3,(H,37,38)(H,39,40). The molecule has 12 nitrogen and oxygen atoms in total. The number of allylic oxidation sites excluding steroid dienone is 6. The zero-order valence-electron chi connectivity index (χ0n) is 74.3. The Morgan fingerprint density at radius 2 is 0.617 bits per heavy atom. The Kier molecular flexibility index (Phi) is 21.9. The Hall–Kier alpha value is -14.6. The molecule has 0 radical (unpaired) electrons. The molecule has 0 aliphatic heterocycles. The smallest absolute Gasteiger partial charge is 0.336 e. The Balaban J connectivity index is 0.000000135. The number of rotatable bonds is 14. The van der Waals surface area contributed by atoms with Crippen LogP contribution in [0, 0.1) is 0 Å². The molecule has 3 unspecified atom stereocenters.